The maximum Gasteiger partial charge on any atom is 0.140 e. The monoisotopic (exact) mass is 344 g/mol. The average molecular weight is 344 g/mol. The van der Waals surface area contributed by atoms with Gasteiger partial charge < -0.3 is 4.74 Å². The summed E-state index contributed by atoms with van der Waals surface area (Å²) in [5, 5.41) is 0. The maximum atomic E-state index is 5.46. The first-order chi connectivity index (χ1) is 13.2. The number of hydrogen-bond donors (Lipinski definition) is 0. The van der Waals surface area contributed by atoms with Gasteiger partial charge in [-0.05, 0) is 66.4 Å². The van der Waals surface area contributed by atoms with Crippen molar-refractivity contribution in [3.05, 3.63) is 59.7 Å². The molecule has 0 radical (unpaired) electrons. The molecule has 0 N–H and O–H groups in total. The molecule has 0 saturated heterocycles. The van der Waals surface area contributed by atoms with E-state index in [-0.39, 0.29) is 0 Å². The predicted octanol–water partition coefficient (Wildman–Crippen LogP) is 4.68. The number of terminal acetylenes is 1. The van der Waals surface area contributed by atoms with Crippen molar-refractivity contribution in [2.75, 3.05) is 0 Å². The highest BCUT2D eigenvalue weighted by Crippen LogP contribution is 2.28. The summed E-state index contributed by atoms with van der Waals surface area (Å²) in [4.78, 5) is 0. The molecule has 0 aliphatic rings. The van der Waals surface area contributed by atoms with Crippen molar-refractivity contribution in [3.8, 4) is 76.8 Å². The highest BCUT2D eigenvalue weighted by Gasteiger charge is 2.05. The van der Waals surface area contributed by atoms with Crippen LogP contribution in [0.25, 0.3) is 17.2 Å². The maximum absolute atomic E-state index is 5.46. The van der Waals surface area contributed by atoms with Gasteiger partial charge in [-0.25, -0.2) is 0 Å². The zero-order valence-electron chi connectivity index (χ0n) is 15.2. The van der Waals surface area contributed by atoms with Crippen molar-refractivity contribution in [1.29, 1.82) is 0 Å². The third kappa shape index (κ3) is 6.30. The third-order valence-corrected chi connectivity index (χ3v) is 3.37. The third-order valence-electron chi connectivity index (χ3n) is 3.37. The Morgan fingerprint density at radius 3 is 2.37 bits per heavy atom. The molecule has 2 aromatic carbocycles. The second kappa shape index (κ2) is 10.6. The normalized spacial score (nSPS) is 8.48. The van der Waals surface area contributed by atoms with E-state index in [2.05, 4.69) is 90.7 Å². The summed E-state index contributed by atoms with van der Waals surface area (Å²) in [6, 6.07) is 14.2. The minimum atomic E-state index is 0.653. The number of hydrogen-bond acceptors (Lipinski definition) is 1. The summed E-state index contributed by atoms with van der Waals surface area (Å²) in [7, 11) is 0. The minimum Gasteiger partial charge on any atom is -0.407 e. The average Bonchev–Trinajstić information content (AvgIpc) is 2.68. The van der Waals surface area contributed by atoms with Crippen LogP contribution in [0.1, 0.15) is 18.1 Å². The topological polar surface area (TPSA) is 9.23 Å². The Morgan fingerprint density at radius 2 is 1.63 bits per heavy atom. The largest absolute Gasteiger partial charge is 0.407 e. The van der Waals surface area contributed by atoms with E-state index in [0.29, 0.717) is 5.75 Å². The van der Waals surface area contributed by atoms with Gasteiger partial charge in [0.2, 0.25) is 0 Å². The summed E-state index contributed by atoms with van der Waals surface area (Å²) < 4.78 is 5.46. The summed E-state index contributed by atoms with van der Waals surface area (Å²) >= 11 is 0. The molecule has 0 aromatic heterocycles. The molecule has 0 spiro atoms. The van der Waals surface area contributed by atoms with Crippen LogP contribution in [0.5, 0.6) is 5.75 Å². The van der Waals surface area contributed by atoms with Crippen LogP contribution in [0.15, 0.2) is 48.5 Å². The highest BCUT2D eigenvalue weighted by atomic mass is 16.5. The van der Waals surface area contributed by atoms with Gasteiger partial charge >= 0.3 is 0 Å². The molecule has 0 aliphatic carbocycles. The molecule has 0 fully saturated rings. The first-order valence-corrected chi connectivity index (χ1v) is 8.21. The molecule has 1 heteroatoms. The number of benzene rings is 2. The van der Waals surface area contributed by atoms with Crippen LogP contribution >= 0.6 is 0 Å². The first kappa shape index (κ1) is 19.1. The van der Waals surface area contributed by atoms with Crippen LogP contribution < -0.4 is 4.74 Å². The van der Waals surface area contributed by atoms with Crippen molar-refractivity contribution >= 4 is 6.08 Å². The van der Waals surface area contributed by atoms with Crippen LogP contribution in [0.2, 0.25) is 0 Å². The molecule has 0 aliphatic heterocycles. The Kier molecular flexibility index (Phi) is 7.51. The van der Waals surface area contributed by atoms with Crippen LogP contribution in [0, 0.1) is 66.8 Å². The van der Waals surface area contributed by atoms with Crippen LogP contribution in [0.4, 0.5) is 0 Å². The van der Waals surface area contributed by atoms with E-state index in [1.165, 1.54) is 5.56 Å². The second-order valence-electron chi connectivity index (χ2n) is 5.34. The molecule has 0 saturated carbocycles. The van der Waals surface area contributed by atoms with E-state index >= 15 is 0 Å². The van der Waals surface area contributed by atoms with Gasteiger partial charge in [-0.15, -0.1) is 6.42 Å². The number of allylic oxidation sites excluding steroid dienone is 1. The quantitative estimate of drug-likeness (QED) is 0.735. The van der Waals surface area contributed by atoms with Gasteiger partial charge in [0.1, 0.15) is 11.9 Å². The van der Waals surface area contributed by atoms with Crippen LogP contribution in [0.3, 0.4) is 0 Å². The van der Waals surface area contributed by atoms with Gasteiger partial charge in [-0.1, -0.05) is 48.0 Å². The fraction of sp³-hybridized carbons (Fsp3) is 0.0769. The van der Waals surface area contributed by atoms with Gasteiger partial charge in [-0.3, -0.25) is 0 Å². The SMILES string of the molecule is C#CC#CC#CC#CC#COc1cccc(-c2cc(C)ccc2/C=C/C)c1. The molecular formula is C26H16O. The minimum absolute atomic E-state index is 0.653. The lowest BCUT2D eigenvalue weighted by Crippen LogP contribution is -1.87. The van der Waals surface area contributed by atoms with Gasteiger partial charge in [-0.2, -0.15) is 0 Å². The van der Waals surface area contributed by atoms with Crippen molar-refractivity contribution in [3.63, 3.8) is 0 Å². The summed E-state index contributed by atoms with van der Waals surface area (Å²) in [6.45, 7) is 4.08. The molecule has 0 unspecified atom stereocenters. The Labute approximate surface area is 161 Å². The van der Waals surface area contributed by atoms with Gasteiger partial charge in [0.05, 0.1) is 0 Å². The molecule has 1 nitrogen and oxygen atoms in total. The molecular weight excluding hydrogens is 328 g/mol. The van der Waals surface area contributed by atoms with Gasteiger partial charge in [0.25, 0.3) is 0 Å². The van der Waals surface area contributed by atoms with E-state index in [1.807, 2.05) is 31.2 Å². The van der Waals surface area contributed by atoms with Crippen molar-refractivity contribution < 1.29 is 4.74 Å². The van der Waals surface area contributed by atoms with E-state index in [1.54, 1.807) is 0 Å². The van der Waals surface area contributed by atoms with Crippen molar-refractivity contribution in [2.24, 2.45) is 0 Å². The van der Waals surface area contributed by atoms with Gasteiger partial charge in [0, 0.05) is 23.7 Å². The molecule has 0 bridgehead atoms. The molecule has 2 aromatic rings. The highest BCUT2D eigenvalue weighted by molar-refractivity contribution is 5.76. The summed E-state index contributed by atoms with van der Waals surface area (Å²) in [6.07, 6.45) is 11.7. The van der Waals surface area contributed by atoms with Crippen LogP contribution in [-0.4, -0.2) is 0 Å². The standard InChI is InChI=1S/C26H16O/c1-4-6-7-8-9-10-11-12-19-27-25-16-13-15-24(21-25)26-20-22(3)17-18-23(26)14-5-2/h1,5,13-18,20-21H,2-3H3/b14-5+. The summed E-state index contributed by atoms with van der Waals surface area (Å²) in [5.41, 5.74) is 4.57. The lowest BCUT2D eigenvalue weighted by atomic mass is 9.97. The second-order valence-corrected chi connectivity index (χ2v) is 5.34. The predicted molar refractivity (Wildman–Crippen MR) is 112 cm³/mol. The number of ether oxygens (including phenoxy) is 1. The Hall–Kier alpha value is -4.22. The Morgan fingerprint density at radius 1 is 0.889 bits per heavy atom. The molecule has 27 heavy (non-hydrogen) atoms. The fourth-order valence-electron chi connectivity index (χ4n) is 2.27. The first-order valence-electron chi connectivity index (χ1n) is 8.21. The van der Waals surface area contributed by atoms with E-state index < -0.39 is 0 Å². The van der Waals surface area contributed by atoms with E-state index in [0.717, 1.165) is 16.7 Å². The lowest BCUT2D eigenvalue weighted by molar-refractivity contribution is 0.520. The molecule has 0 atom stereocenters. The van der Waals surface area contributed by atoms with Crippen molar-refractivity contribution in [2.45, 2.75) is 13.8 Å². The number of rotatable bonds is 3. The molecule has 2 rings (SSSR count). The van der Waals surface area contributed by atoms with E-state index in [9.17, 15) is 0 Å². The van der Waals surface area contributed by atoms with Gasteiger partial charge in [0.15, 0.2) is 0 Å². The molecule has 0 amide bonds. The smallest absolute Gasteiger partial charge is 0.140 e. The molecule has 0 heterocycles. The zero-order chi connectivity index (χ0) is 19.3. The van der Waals surface area contributed by atoms with Crippen molar-refractivity contribution in [1.82, 2.24) is 0 Å². The fourth-order valence-corrected chi connectivity index (χ4v) is 2.27. The van der Waals surface area contributed by atoms with E-state index in [4.69, 9.17) is 11.2 Å². The zero-order valence-corrected chi connectivity index (χ0v) is 15.2. The number of aryl methyl sites for hydroxylation is 1. The molecule has 126 valence electrons. The Bertz CT molecular complexity index is 1140. The van der Waals surface area contributed by atoms with Crippen LogP contribution in [-0.2, 0) is 0 Å². The Balaban J connectivity index is 2.17. The summed E-state index contributed by atoms with van der Waals surface area (Å²) in [5.74, 6) is 20.4. The lowest BCUT2D eigenvalue weighted by Gasteiger charge is -2.09.